The first-order valence-corrected chi connectivity index (χ1v) is 7.70. The lowest BCUT2D eigenvalue weighted by atomic mass is 10.1. The summed E-state index contributed by atoms with van der Waals surface area (Å²) in [5, 5.41) is 7.15. The standard InChI is InChI=1S/C16H21N5O/c1-2-13-4-3-5-14(8-13)19-16(22)10-20-7-6-15(9-20)21-12-17-11-18-21/h3-5,8,11-12,15H,2,6-7,9-10H2,1H3,(H,19,22). The van der Waals surface area contributed by atoms with Crippen LogP contribution in [0, 0.1) is 0 Å². The van der Waals surface area contributed by atoms with Gasteiger partial charge in [-0.2, -0.15) is 5.10 Å². The Morgan fingerprint density at radius 1 is 1.45 bits per heavy atom. The number of amides is 1. The van der Waals surface area contributed by atoms with Gasteiger partial charge >= 0.3 is 0 Å². The van der Waals surface area contributed by atoms with Crippen molar-refractivity contribution in [2.75, 3.05) is 25.0 Å². The van der Waals surface area contributed by atoms with E-state index in [4.69, 9.17) is 0 Å². The molecule has 6 heteroatoms. The Labute approximate surface area is 130 Å². The van der Waals surface area contributed by atoms with Crippen LogP contribution in [0.15, 0.2) is 36.9 Å². The summed E-state index contributed by atoms with van der Waals surface area (Å²) in [6.45, 7) is 4.27. The van der Waals surface area contributed by atoms with E-state index in [1.165, 1.54) is 5.56 Å². The van der Waals surface area contributed by atoms with E-state index in [0.29, 0.717) is 12.6 Å². The molecule has 1 amide bonds. The highest BCUT2D eigenvalue weighted by molar-refractivity contribution is 5.92. The molecule has 6 nitrogen and oxygen atoms in total. The molecule has 0 radical (unpaired) electrons. The highest BCUT2D eigenvalue weighted by Crippen LogP contribution is 2.20. The molecule has 0 bridgehead atoms. The second kappa shape index (κ2) is 6.70. The van der Waals surface area contributed by atoms with Gasteiger partial charge in [-0.05, 0) is 30.5 Å². The highest BCUT2D eigenvalue weighted by atomic mass is 16.2. The molecule has 1 unspecified atom stereocenters. The van der Waals surface area contributed by atoms with E-state index in [0.717, 1.165) is 31.6 Å². The van der Waals surface area contributed by atoms with Crippen LogP contribution in [0.2, 0.25) is 0 Å². The maximum Gasteiger partial charge on any atom is 0.238 e. The van der Waals surface area contributed by atoms with Gasteiger partial charge in [0.25, 0.3) is 0 Å². The van der Waals surface area contributed by atoms with Crippen molar-refractivity contribution < 1.29 is 4.79 Å². The van der Waals surface area contributed by atoms with E-state index in [-0.39, 0.29) is 5.91 Å². The van der Waals surface area contributed by atoms with Crippen molar-refractivity contribution in [1.82, 2.24) is 19.7 Å². The molecule has 3 rings (SSSR count). The fraction of sp³-hybridized carbons (Fsp3) is 0.438. The summed E-state index contributed by atoms with van der Waals surface area (Å²) in [4.78, 5) is 18.3. The monoisotopic (exact) mass is 299 g/mol. The third kappa shape index (κ3) is 3.51. The first-order valence-electron chi connectivity index (χ1n) is 7.70. The largest absolute Gasteiger partial charge is 0.325 e. The molecule has 0 aliphatic carbocycles. The minimum atomic E-state index is 0.0347. The smallest absolute Gasteiger partial charge is 0.238 e. The number of nitrogens with zero attached hydrogens (tertiary/aromatic N) is 4. The van der Waals surface area contributed by atoms with Gasteiger partial charge < -0.3 is 5.32 Å². The molecular weight excluding hydrogens is 278 g/mol. The third-order valence-electron chi connectivity index (χ3n) is 4.04. The maximum atomic E-state index is 12.2. The molecule has 1 aromatic carbocycles. The number of anilines is 1. The topological polar surface area (TPSA) is 63.1 Å². The summed E-state index contributed by atoms with van der Waals surface area (Å²) in [6, 6.07) is 8.32. The van der Waals surface area contributed by atoms with Crippen molar-refractivity contribution in [2.24, 2.45) is 0 Å². The molecule has 22 heavy (non-hydrogen) atoms. The Balaban J connectivity index is 1.52. The van der Waals surface area contributed by atoms with E-state index < -0.39 is 0 Å². The normalized spacial score (nSPS) is 18.5. The van der Waals surface area contributed by atoms with Crippen LogP contribution >= 0.6 is 0 Å². The van der Waals surface area contributed by atoms with Crippen molar-refractivity contribution in [3.05, 3.63) is 42.5 Å². The van der Waals surface area contributed by atoms with E-state index in [9.17, 15) is 4.79 Å². The summed E-state index contributed by atoms with van der Waals surface area (Å²) in [5.74, 6) is 0.0347. The molecule has 2 heterocycles. The zero-order valence-corrected chi connectivity index (χ0v) is 12.8. The van der Waals surface area contributed by atoms with Gasteiger partial charge in [0, 0.05) is 18.8 Å². The van der Waals surface area contributed by atoms with E-state index in [1.54, 1.807) is 12.7 Å². The highest BCUT2D eigenvalue weighted by Gasteiger charge is 2.25. The van der Waals surface area contributed by atoms with Gasteiger partial charge in [-0.1, -0.05) is 19.1 Å². The number of aromatic nitrogens is 3. The molecule has 1 saturated heterocycles. The minimum absolute atomic E-state index is 0.0347. The average molecular weight is 299 g/mol. The number of hydrogen-bond acceptors (Lipinski definition) is 4. The van der Waals surface area contributed by atoms with Gasteiger partial charge in [0.05, 0.1) is 12.6 Å². The molecule has 1 aromatic heterocycles. The zero-order valence-electron chi connectivity index (χ0n) is 12.8. The van der Waals surface area contributed by atoms with E-state index in [1.807, 2.05) is 22.9 Å². The van der Waals surface area contributed by atoms with Crippen molar-refractivity contribution in [2.45, 2.75) is 25.8 Å². The molecular formula is C16H21N5O. The summed E-state index contributed by atoms with van der Waals surface area (Å²) in [5.41, 5.74) is 2.10. The first-order chi connectivity index (χ1) is 10.7. The predicted octanol–water partition coefficient (Wildman–Crippen LogP) is 1.73. The van der Waals surface area contributed by atoms with E-state index in [2.05, 4.69) is 33.3 Å². The van der Waals surface area contributed by atoms with Gasteiger partial charge in [0.15, 0.2) is 0 Å². The molecule has 1 atom stereocenters. The molecule has 0 saturated carbocycles. The molecule has 2 aromatic rings. The van der Waals surface area contributed by atoms with Crippen molar-refractivity contribution in [3.8, 4) is 0 Å². The lowest BCUT2D eigenvalue weighted by molar-refractivity contribution is -0.117. The number of carbonyl (C=O) groups excluding carboxylic acids is 1. The first kappa shape index (κ1) is 14.7. The lowest BCUT2D eigenvalue weighted by Crippen LogP contribution is -2.31. The van der Waals surface area contributed by atoms with Gasteiger partial charge in [-0.15, -0.1) is 0 Å². The quantitative estimate of drug-likeness (QED) is 0.913. The minimum Gasteiger partial charge on any atom is -0.325 e. The molecule has 1 aliphatic heterocycles. The number of aryl methyl sites for hydroxylation is 1. The number of benzene rings is 1. The second-order valence-electron chi connectivity index (χ2n) is 5.66. The van der Waals surface area contributed by atoms with Crippen LogP contribution < -0.4 is 5.32 Å². The Morgan fingerprint density at radius 3 is 3.14 bits per heavy atom. The van der Waals surface area contributed by atoms with Gasteiger partial charge in [0.1, 0.15) is 12.7 Å². The summed E-state index contributed by atoms with van der Waals surface area (Å²) < 4.78 is 1.88. The molecule has 1 aliphatic rings. The summed E-state index contributed by atoms with van der Waals surface area (Å²) in [7, 11) is 0. The van der Waals surface area contributed by atoms with Crippen LogP contribution in [0.5, 0.6) is 0 Å². The van der Waals surface area contributed by atoms with Crippen molar-refractivity contribution in [1.29, 1.82) is 0 Å². The molecule has 116 valence electrons. The second-order valence-corrected chi connectivity index (χ2v) is 5.66. The fourth-order valence-electron chi connectivity index (χ4n) is 2.85. The van der Waals surface area contributed by atoms with Gasteiger partial charge in [-0.3, -0.25) is 9.69 Å². The number of carbonyl (C=O) groups is 1. The van der Waals surface area contributed by atoms with Crippen molar-refractivity contribution >= 4 is 11.6 Å². The number of likely N-dealkylation sites (tertiary alicyclic amines) is 1. The Morgan fingerprint density at radius 2 is 2.36 bits per heavy atom. The van der Waals surface area contributed by atoms with Crippen LogP contribution in [0.25, 0.3) is 0 Å². The number of rotatable bonds is 5. The molecule has 1 N–H and O–H groups in total. The molecule has 1 fully saturated rings. The van der Waals surface area contributed by atoms with Gasteiger partial charge in [0.2, 0.25) is 5.91 Å². The van der Waals surface area contributed by atoms with E-state index >= 15 is 0 Å². The van der Waals surface area contributed by atoms with Crippen LogP contribution in [0.1, 0.15) is 24.9 Å². The SMILES string of the molecule is CCc1cccc(NC(=O)CN2CCC(n3cncn3)C2)c1. The fourth-order valence-corrected chi connectivity index (χ4v) is 2.85. The Hall–Kier alpha value is -2.21. The number of nitrogens with one attached hydrogen (secondary N) is 1. The summed E-state index contributed by atoms with van der Waals surface area (Å²) in [6.07, 6.45) is 5.26. The number of hydrogen-bond donors (Lipinski definition) is 1. The van der Waals surface area contributed by atoms with Crippen LogP contribution in [-0.2, 0) is 11.2 Å². The molecule has 0 spiro atoms. The third-order valence-corrected chi connectivity index (χ3v) is 4.04. The Bertz CT molecular complexity index is 625. The Kier molecular flexibility index (Phi) is 4.48. The zero-order chi connectivity index (χ0) is 15.4. The maximum absolute atomic E-state index is 12.2. The van der Waals surface area contributed by atoms with Crippen LogP contribution in [0.4, 0.5) is 5.69 Å². The summed E-state index contributed by atoms with van der Waals surface area (Å²) >= 11 is 0. The van der Waals surface area contributed by atoms with Crippen molar-refractivity contribution in [3.63, 3.8) is 0 Å². The van der Waals surface area contributed by atoms with Crippen LogP contribution in [0.3, 0.4) is 0 Å². The van der Waals surface area contributed by atoms with Crippen LogP contribution in [-0.4, -0.2) is 45.2 Å². The van der Waals surface area contributed by atoms with Gasteiger partial charge in [-0.25, -0.2) is 9.67 Å². The lowest BCUT2D eigenvalue weighted by Gasteiger charge is -2.16. The average Bonchev–Trinajstić information content (AvgIpc) is 3.18. The predicted molar refractivity (Wildman–Crippen MR) is 84.6 cm³/mol.